The fourth-order valence-corrected chi connectivity index (χ4v) is 4.57. The second-order valence-electron chi connectivity index (χ2n) is 6.35. The molecule has 1 aromatic heterocycles. The maximum atomic E-state index is 12.7. The van der Waals surface area contributed by atoms with Crippen molar-refractivity contribution in [3.63, 3.8) is 0 Å². The monoisotopic (exact) mass is 412 g/mol. The summed E-state index contributed by atoms with van der Waals surface area (Å²) in [6, 6.07) is 7.99. The van der Waals surface area contributed by atoms with Crippen molar-refractivity contribution in [2.45, 2.75) is 18.4 Å². The minimum Gasteiger partial charge on any atom is -0.463 e. The Bertz CT molecular complexity index is 916. The summed E-state index contributed by atoms with van der Waals surface area (Å²) in [7, 11) is -2.22. The van der Waals surface area contributed by atoms with Crippen molar-refractivity contribution in [1.29, 1.82) is 0 Å². The first kappa shape index (κ1) is 19.9. The van der Waals surface area contributed by atoms with E-state index in [0.717, 1.165) is 5.56 Å². The zero-order chi connectivity index (χ0) is 19.6. The number of aryl methyl sites for hydroxylation is 1. The third-order valence-corrected chi connectivity index (χ3v) is 6.67. The smallest absolute Gasteiger partial charge is 0.374 e. The molecule has 0 aliphatic carbocycles. The molecule has 0 amide bonds. The molecule has 1 fully saturated rings. The van der Waals surface area contributed by atoms with Crippen molar-refractivity contribution < 1.29 is 22.4 Å². The van der Waals surface area contributed by atoms with E-state index in [9.17, 15) is 13.2 Å². The quantitative estimate of drug-likeness (QED) is 0.702. The number of sulfonamides is 1. The van der Waals surface area contributed by atoms with E-state index >= 15 is 0 Å². The molecule has 7 nitrogen and oxygen atoms in total. The molecule has 3 rings (SSSR count). The second-order valence-corrected chi connectivity index (χ2v) is 8.72. The predicted octanol–water partition coefficient (Wildman–Crippen LogP) is 2.53. The standard InChI is InChI=1S/C18H21ClN2O5S/c1-13-11-15(26-17(13)18(22)25-2)12-20-7-9-21(10-8-20)27(23,24)16-5-3-14(19)4-6-16/h3-6,11H,7-10,12H2,1-2H3. The van der Waals surface area contributed by atoms with Gasteiger partial charge in [-0.1, -0.05) is 11.6 Å². The topological polar surface area (TPSA) is 80.1 Å². The fourth-order valence-electron chi connectivity index (χ4n) is 3.03. The molecule has 0 unspecified atom stereocenters. The van der Waals surface area contributed by atoms with E-state index in [-0.39, 0.29) is 10.7 Å². The average molecular weight is 413 g/mol. The highest BCUT2D eigenvalue weighted by Crippen LogP contribution is 2.22. The van der Waals surface area contributed by atoms with Crippen LogP contribution in [0.3, 0.4) is 0 Å². The highest BCUT2D eigenvalue weighted by molar-refractivity contribution is 7.89. The molecule has 1 aliphatic rings. The zero-order valence-corrected chi connectivity index (χ0v) is 16.7. The first-order valence-corrected chi connectivity index (χ1v) is 10.3. The number of rotatable bonds is 5. The second kappa shape index (κ2) is 8.02. The van der Waals surface area contributed by atoms with Crippen LogP contribution in [0.15, 0.2) is 39.6 Å². The van der Waals surface area contributed by atoms with Gasteiger partial charge in [0.2, 0.25) is 15.8 Å². The molecule has 2 heterocycles. The summed E-state index contributed by atoms with van der Waals surface area (Å²) < 4.78 is 37.2. The van der Waals surface area contributed by atoms with E-state index < -0.39 is 16.0 Å². The number of benzene rings is 1. The zero-order valence-electron chi connectivity index (χ0n) is 15.1. The maximum absolute atomic E-state index is 12.7. The molecule has 0 radical (unpaired) electrons. The highest BCUT2D eigenvalue weighted by Gasteiger charge is 2.29. The normalized spacial score (nSPS) is 16.4. The van der Waals surface area contributed by atoms with E-state index in [4.69, 9.17) is 20.8 Å². The number of hydrogen-bond donors (Lipinski definition) is 0. The van der Waals surface area contributed by atoms with Crippen LogP contribution in [0, 0.1) is 6.92 Å². The van der Waals surface area contributed by atoms with Crippen molar-refractivity contribution >= 4 is 27.6 Å². The van der Waals surface area contributed by atoms with Crippen LogP contribution < -0.4 is 0 Å². The summed E-state index contributed by atoms with van der Waals surface area (Å²) in [5.74, 6) is 0.357. The average Bonchev–Trinajstić information content (AvgIpc) is 3.02. The molecule has 0 spiro atoms. The highest BCUT2D eigenvalue weighted by atomic mass is 35.5. The van der Waals surface area contributed by atoms with Gasteiger partial charge in [-0.25, -0.2) is 13.2 Å². The summed E-state index contributed by atoms with van der Waals surface area (Å²) in [5.41, 5.74) is 0.723. The largest absolute Gasteiger partial charge is 0.463 e. The van der Waals surface area contributed by atoms with Gasteiger partial charge in [-0.05, 0) is 37.3 Å². The molecule has 9 heteroatoms. The molecule has 2 aromatic rings. The maximum Gasteiger partial charge on any atom is 0.374 e. The fraction of sp³-hybridized carbons (Fsp3) is 0.389. The molecular formula is C18H21ClN2O5S. The van der Waals surface area contributed by atoms with Crippen LogP contribution in [0.4, 0.5) is 0 Å². The van der Waals surface area contributed by atoms with Gasteiger partial charge in [-0.3, -0.25) is 4.90 Å². The van der Waals surface area contributed by atoms with Gasteiger partial charge < -0.3 is 9.15 Å². The number of esters is 1. The van der Waals surface area contributed by atoms with Gasteiger partial charge in [-0.15, -0.1) is 0 Å². The van der Waals surface area contributed by atoms with E-state index in [1.54, 1.807) is 19.1 Å². The Morgan fingerprint density at radius 3 is 2.41 bits per heavy atom. The van der Waals surface area contributed by atoms with Gasteiger partial charge in [-0.2, -0.15) is 4.31 Å². The van der Waals surface area contributed by atoms with E-state index in [2.05, 4.69) is 4.90 Å². The third kappa shape index (κ3) is 4.35. The van der Waals surface area contributed by atoms with Crippen LogP contribution in [0.25, 0.3) is 0 Å². The van der Waals surface area contributed by atoms with Crippen LogP contribution in [0.1, 0.15) is 21.9 Å². The number of ether oxygens (including phenoxy) is 1. The molecule has 0 atom stereocenters. The van der Waals surface area contributed by atoms with Gasteiger partial charge >= 0.3 is 5.97 Å². The molecule has 0 bridgehead atoms. The van der Waals surface area contributed by atoms with Gasteiger partial charge in [0.05, 0.1) is 18.6 Å². The van der Waals surface area contributed by atoms with Crippen molar-refractivity contribution in [3.8, 4) is 0 Å². The van der Waals surface area contributed by atoms with Gasteiger partial charge in [0, 0.05) is 36.8 Å². The first-order chi connectivity index (χ1) is 12.8. The Balaban J connectivity index is 1.62. The molecule has 1 aliphatic heterocycles. The van der Waals surface area contributed by atoms with Crippen LogP contribution in [-0.2, 0) is 21.3 Å². The summed E-state index contributed by atoms with van der Waals surface area (Å²) >= 11 is 5.83. The molecular weight excluding hydrogens is 392 g/mol. The number of methoxy groups -OCH3 is 1. The number of piperazine rings is 1. The Morgan fingerprint density at radius 1 is 1.19 bits per heavy atom. The third-order valence-electron chi connectivity index (χ3n) is 4.50. The molecule has 1 saturated heterocycles. The lowest BCUT2D eigenvalue weighted by Gasteiger charge is -2.33. The van der Waals surface area contributed by atoms with Crippen molar-refractivity contribution in [2.75, 3.05) is 33.3 Å². The number of halogens is 1. The Hall–Kier alpha value is -1.87. The predicted molar refractivity (Wildman–Crippen MR) is 100 cm³/mol. The van der Waals surface area contributed by atoms with Gasteiger partial charge in [0.15, 0.2) is 0 Å². The van der Waals surface area contributed by atoms with Crippen LogP contribution in [-0.4, -0.2) is 56.9 Å². The van der Waals surface area contributed by atoms with Crippen molar-refractivity contribution in [1.82, 2.24) is 9.21 Å². The minimum absolute atomic E-state index is 0.205. The molecule has 0 N–H and O–H groups in total. The summed E-state index contributed by atoms with van der Waals surface area (Å²) in [6.07, 6.45) is 0. The van der Waals surface area contributed by atoms with Gasteiger partial charge in [0.25, 0.3) is 0 Å². The Morgan fingerprint density at radius 2 is 1.81 bits per heavy atom. The molecule has 0 saturated carbocycles. The SMILES string of the molecule is COC(=O)c1oc(CN2CCN(S(=O)(=O)c3ccc(Cl)cc3)CC2)cc1C. The van der Waals surface area contributed by atoms with E-state index in [1.807, 2.05) is 6.07 Å². The molecule has 1 aromatic carbocycles. The lowest BCUT2D eigenvalue weighted by Crippen LogP contribution is -2.48. The van der Waals surface area contributed by atoms with Crippen LogP contribution in [0.2, 0.25) is 5.02 Å². The van der Waals surface area contributed by atoms with E-state index in [1.165, 1.54) is 23.5 Å². The minimum atomic E-state index is -3.53. The lowest BCUT2D eigenvalue weighted by atomic mass is 10.2. The van der Waals surface area contributed by atoms with Crippen molar-refractivity contribution in [2.24, 2.45) is 0 Å². The van der Waals surface area contributed by atoms with E-state index in [0.29, 0.717) is 43.5 Å². The first-order valence-electron chi connectivity index (χ1n) is 8.47. The van der Waals surface area contributed by atoms with Crippen LogP contribution in [0.5, 0.6) is 0 Å². The number of furan rings is 1. The number of hydrogen-bond acceptors (Lipinski definition) is 6. The molecule has 146 valence electrons. The summed E-state index contributed by atoms with van der Waals surface area (Å²) in [5, 5.41) is 0.499. The van der Waals surface area contributed by atoms with Gasteiger partial charge in [0.1, 0.15) is 5.76 Å². The van der Waals surface area contributed by atoms with Crippen molar-refractivity contribution in [3.05, 3.63) is 52.4 Å². The molecule has 27 heavy (non-hydrogen) atoms. The number of carbonyl (C=O) groups is 1. The summed E-state index contributed by atoms with van der Waals surface area (Å²) in [4.78, 5) is 14.0. The Kier molecular flexibility index (Phi) is 5.90. The van der Waals surface area contributed by atoms with Crippen LogP contribution >= 0.6 is 11.6 Å². The number of carbonyl (C=O) groups excluding carboxylic acids is 1. The Labute approximate surface area is 163 Å². The summed E-state index contributed by atoms with van der Waals surface area (Å²) in [6.45, 7) is 4.20. The number of nitrogens with zero attached hydrogens (tertiary/aromatic N) is 2. The lowest BCUT2D eigenvalue weighted by molar-refractivity contribution is 0.0559.